The number of aromatic nitrogens is 2. The van der Waals surface area contributed by atoms with E-state index in [9.17, 15) is 9.59 Å². The maximum absolute atomic E-state index is 12.7. The van der Waals surface area contributed by atoms with Crippen molar-refractivity contribution in [2.45, 2.75) is 33.2 Å². The van der Waals surface area contributed by atoms with Crippen LogP contribution < -0.4 is 4.74 Å². The van der Waals surface area contributed by atoms with Crippen LogP contribution in [0.1, 0.15) is 41.2 Å². The molecule has 7 heteroatoms. The summed E-state index contributed by atoms with van der Waals surface area (Å²) in [6.45, 7) is 6.22. The lowest BCUT2D eigenvalue weighted by Gasteiger charge is -2.28. The molecule has 1 aliphatic heterocycles. The molecule has 0 radical (unpaired) electrons. The Labute approximate surface area is 159 Å². The van der Waals surface area contributed by atoms with Gasteiger partial charge in [0.25, 0.3) is 5.91 Å². The first-order valence-electron chi connectivity index (χ1n) is 9.33. The molecular weight excluding hydrogens is 344 g/mol. The van der Waals surface area contributed by atoms with E-state index < -0.39 is 0 Å². The number of hydrogen-bond acceptors (Lipinski definition) is 4. The van der Waals surface area contributed by atoms with Crippen LogP contribution in [0.5, 0.6) is 5.75 Å². The van der Waals surface area contributed by atoms with E-state index in [0.29, 0.717) is 44.7 Å². The topological polar surface area (TPSA) is 78.5 Å². The van der Waals surface area contributed by atoms with Gasteiger partial charge in [0.1, 0.15) is 5.75 Å². The van der Waals surface area contributed by atoms with Crippen molar-refractivity contribution >= 4 is 11.8 Å². The molecule has 2 aromatic rings. The molecule has 0 aliphatic carbocycles. The first kappa shape index (κ1) is 18.9. The Kier molecular flexibility index (Phi) is 5.78. The molecule has 1 aromatic heterocycles. The lowest BCUT2D eigenvalue weighted by Crippen LogP contribution is -2.38. The molecule has 0 bridgehead atoms. The zero-order chi connectivity index (χ0) is 19.4. The van der Waals surface area contributed by atoms with Crippen LogP contribution in [-0.2, 0) is 24.2 Å². The average Bonchev–Trinajstić information content (AvgIpc) is 3.12. The Morgan fingerprint density at radius 3 is 2.56 bits per heavy atom. The van der Waals surface area contributed by atoms with Gasteiger partial charge in [-0.25, -0.2) is 0 Å². The summed E-state index contributed by atoms with van der Waals surface area (Å²) < 4.78 is 5.15. The van der Waals surface area contributed by atoms with Crippen molar-refractivity contribution in [2.75, 3.05) is 26.7 Å². The van der Waals surface area contributed by atoms with Crippen LogP contribution in [-0.4, -0.2) is 58.6 Å². The highest BCUT2D eigenvalue weighted by molar-refractivity contribution is 5.94. The number of benzene rings is 1. The fourth-order valence-electron chi connectivity index (χ4n) is 3.38. The Morgan fingerprint density at radius 1 is 1.22 bits per heavy atom. The second kappa shape index (κ2) is 8.24. The lowest BCUT2D eigenvalue weighted by molar-refractivity contribution is -0.131. The third-order valence-electron chi connectivity index (χ3n) is 5.05. The lowest BCUT2D eigenvalue weighted by atomic mass is 10.0. The van der Waals surface area contributed by atoms with E-state index in [1.807, 2.05) is 38.1 Å². The number of hydrogen-bond donors (Lipinski definition) is 1. The van der Waals surface area contributed by atoms with Crippen molar-refractivity contribution in [3.05, 3.63) is 46.8 Å². The quantitative estimate of drug-likeness (QED) is 0.844. The van der Waals surface area contributed by atoms with Crippen LogP contribution in [0.3, 0.4) is 0 Å². The number of carbonyl (C=O) groups excluding carboxylic acids is 2. The van der Waals surface area contributed by atoms with Crippen LogP contribution in [0, 0.1) is 0 Å². The summed E-state index contributed by atoms with van der Waals surface area (Å²) >= 11 is 0. The second-order valence-corrected chi connectivity index (χ2v) is 6.60. The number of fused-ring (bicyclic) bond motifs is 1. The molecular formula is C20H26N4O3. The number of nitrogens with zero attached hydrogens (tertiary/aromatic N) is 3. The van der Waals surface area contributed by atoms with Crippen molar-refractivity contribution < 1.29 is 14.3 Å². The molecule has 0 saturated carbocycles. The minimum absolute atomic E-state index is 0.0493. The number of H-pyrrole nitrogens is 1. The number of ether oxygens (including phenoxy) is 1. The van der Waals surface area contributed by atoms with E-state index in [2.05, 4.69) is 10.2 Å². The Balaban J connectivity index is 1.72. The highest BCUT2D eigenvalue weighted by atomic mass is 16.5. The summed E-state index contributed by atoms with van der Waals surface area (Å²) in [7, 11) is 1.62. The zero-order valence-electron chi connectivity index (χ0n) is 16.1. The summed E-state index contributed by atoms with van der Waals surface area (Å²) in [6, 6.07) is 7.51. The molecule has 1 N–H and O–H groups in total. The standard InChI is InChI=1S/C20H26N4O3/c1-4-23(5-2)20(26)19-16-13-24(11-10-17(16)21-22-19)18(25)12-14-6-8-15(27-3)9-7-14/h6-9H,4-5,10-13H2,1-3H3,(H,21,22). The maximum atomic E-state index is 12.7. The molecule has 0 saturated heterocycles. The van der Waals surface area contributed by atoms with Crippen LogP contribution in [0.4, 0.5) is 0 Å². The number of carbonyl (C=O) groups is 2. The average molecular weight is 370 g/mol. The van der Waals surface area contributed by atoms with Gasteiger partial charge >= 0.3 is 0 Å². The maximum Gasteiger partial charge on any atom is 0.274 e. The van der Waals surface area contributed by atoms with E-state index >= 15 is 0 Å². The van der Waals surface area contributed by atoms with Gasteiger partial charge in [0.15, 0.2) is 5.69 Å². The van der Waals surface area contributed by atoms with Crippen molar-refractivity contribution in [3.63, 3.8) is 0 Å². The molecule has 2 amide bonds. The van der Waals surface area contributed by atoms with Gasteiger partial charge in [0.05, 0.1) is 13.5 Å². The summed E-state index contributed by atoms with van der Waals surface area (Å²) in [5.74, 6) is 0.738. The summed E-state index contributed by atoms with van der Waals surface area (Å²) in [6.07, 6.45) is 1.01. The van der Waals surface area contributed by atoms with Crippen molar-refractivity contribution in [1.82, 2.24) is 20.0 Å². The van der Waals surface area contributed by atoms with Gasteiger partial charge < -0.3 is 14.5 Å². The van der Waals surface area contributed by atoms with Crippen LogP contribution in [0.2, 0.25) is 0 Å². The van der Waals surface area contributed by atoms with E-state index in [-0.39, 0.29) is 11.8 Å². The predicted octanol–water partition coefficient (Wildman–Crippen LogP) is 2.03. The molecule has 144 valence electrons. The van der Waals surface area contributed by atoms with Crippen LogP contribution >= 0.6 is 0 Å². The molecule has 1 aliphatic rings. The molecule has 2 heterocycles. The number of methoxy groups -OCH3 is 1. The van der Waals surface area contributed by atoms with E-state index in [1.54, 1.807) is 16.9 Å². The fraction of sp³-hybridized carbons (Fsp3) is 0.450. The highest BCUT2D eigenvalue weighted by Gasteiger charge is 2.29. The fourth-order valence-corrected chi connectivity index (χ4v) is 3.38. The first-order chi connectivity index (χ1) is 13.1. The van der Waals surface area contributed by atoms with E-state index in [1.165, 1.54) is 0 Å². The molecule has 1 aromatic carbocycles. The smallest absolute Gasteiger partial charge is 0.274 e. The third-order valence-corrected chi connectivity index (χ3v) is 5.05. The molecule has 0 unspecified atom stereocenters. The monoisotopic (exact) mass is 370 g/mol. The third kappa shape index (κ3) is 3.97. The molecule has 7 nitrogen and oxygen atoms in total. The van der Waals surface area contributed by atoms with Gasteiger partial charge in [-0.1, -0.05) is 12.1 Å². The van der Waals surface area contributed by atoms with E-state index in [4.69, 9.17) is 4.74 Å². The van der Waals surface area contributed by atoms with Crippen LogP contribution in [0.25, 0.3) is 0 Å². The van der Waals surface area contributed by atoms with Crippen LogP contribution in [0.15, 0.2) is 24.3 Å². The molecule has 0 spiro atoms. The minimum Gasteiger partial charge on any atom is -0.497 e. The normalized spacial score (nSPS) is 13.2. The molecule has 3 rings (SSSR count). The Hall–Kier alpha value is -2.83. The number of amides is 2. The van der Waals surface area contributed by atoms with Crippen molar-refractivity contribution in [1.29, 1.82) is 0 Å². The second-order valence-electron chi connectivity index (χ2n) is 6.60. The van der Waals surface area contributed by atoms with E-state index in [0.717, 1.165) is 22.6 Å². The highest BCUT2D eigenvalue weighted by Crippen LogP contribution is 2.22. The van der Waals surface area contributed by atoms with Gasteiger partial charge in [0, 0.05) is 43.9 Å². The number of rotatable bonds is 6. The molecule has 0 atom stereocenters. The summed E-state index contributed by atoms with van der Waals surface area (Å²) in [5.41, 5.74) is 3.19. The zero-order valence-corrected chi connectivity index (χ0v) is 16.1. The Bertz CT molecular complexity index is 809. The van der Waals surface area contributed by atoms with Crippen molar-refractivity contribution in [3.8, 4) is 5.75 Å². The largest absolute Gasteiger partial charge is 0.497 e. The Morgan fingerprint density at radius 2 is 1.93 bits per heavy atom. The predicted molar refractivity (Wildman–Crippen MR) is 102 cm³/mol. The number of nitrogens with one attached hydrogen (secondary N) is 1. The molecule has 0 fully saturated rings. The minimum atomic E-state index is -0.0815. The van der Waals surface area contributed by atoms with Gasteiger partial charge in [-0.2, -0.15) is 5.10 Å². The van der Waals surface area contributed by atoms with Gasteiger partial charge in [-0.3, -0.25) is 14.7 Å². The summed E-state index contributed by atoms with van der Waals surface area (Å²) in [5, 5.41) is 7.23. The number of aromatic amines is 1. The van der Waals surface area contributed by atoms with Gasteiger partial charge in [-0.05, 0) is 31.5 Å². The van der Waals surface area contributed by atoms with Gasteiger partial charge in [-0.15, -0.1) is 0 Å². The SMILES string of the molecule is CCN(CC)C(=O)c1n[nH]c2c1CN(C(=O)Cc1ccc(OC)cc1)CC2. The van der Waals surface area contributed by atoms with Gasteiger partial charge in [0.2, 0.25) is 5.91 Å². The molecule has 27 heavy (non-hydrogen) atoms. The van der Waals surface area contributed by atoms with Crippen molar-refractivity contribution in [2.24, 2.45) is 0 Å². The first-order valence-corrected chi connectivity index (χ1v) is 9.33. The summed E-state index contributed by atoms with van der Waals surface area (Å²) in [4.78, 5) is 29.0.